The van der Waals surface area contributed by atoms with Crippen LogP contribution in [0.1, 0.15) is 25.5 Å². The quantitative estimate of drug-likeness (QED) is 0.699. The highest BCUT2D eigenvalue weighted by molar-refractivity contribution is 7.89. The first-order chi connectivity index (χ1) is 13.7. The molecule has 7 nitrogen and oxygen atoms in total. The molecule has 2 heterocycles. The Morgan fingerprint density at radius 2 is 1.86 bits per heavy atom. The van der Waals surface area contributed by atoms with Gasteiger partial charge in [-0.15, -0.1) is 0 Å². The first kappa shape index (κ1) is 21.3. The van der Waals surface area contributed by atoms with E-state index in [1.54, 1.807) is 25.1 Å². The molecular weight excluding hydrogens is 411 g/mol. The van der Waals surface area contributed by atoms with Gasteiger partial charge >= 0.3 is 12.2 Å². The van der Waals surface area contributed by atoms with Crippen LogP contribution in [0.3, 0.4) is 0 Å². The molecule has 29 heavy (non-hydrogen) atoms. The van der Waals surface area contributed by atoms with E-state index in [1.807, 2.05) is 0 Å². The fourth-order valence-corrected chi connectivity index (χ4v) is 4.57. The maximum atomic E-state index is 13.0. The fraction of sp³-hybridized carbons (Fsp3) is 0.444. The molecule has 0 spiro atoms. The minimum atomic E-state index is -4.59. The summed E-state index contributed by atoms with van der Waals surface area (Å²) in [6, 6.07) is 6.78. The maximum absolute atomic E-state index is 13.0. The molecule has 2 aromatic rings. The number of rotatable bonds is 6. The van der Waals surface area contributed by atoms with E-state index < -0.39 is 28.0 Å². The van der Waals surface area contributed by atoms with Gasteiger partial charge in [0.2, 0.25) is 10.0 Å². The van der Waals surface area contributed by atoms with Gasteiger partial charge in [-0.1, -0.05) is 12.1 Å². The van der Waals surface area contributed by atoms with Crippen molar-refractivity contribution in [2.45, 2.75) is 36.9 Å². The first-order valence-corrected chi connectivity index (χ1v) is 10.4. The number of halogens is 3. The van der Waals surface area contributed by atoms with Gasteiger partial charge in [-0.3, -0.25) is 0 Å². The second-order valence-electron chi connectivity index (χ2n) is 6.32. The lowest BCUT2D eigenvalue weighted by atomic mass is 10.1. The van der Waals surface area contributed by atoms with Crippen LogP contribution in [0.5, 0.6) is 11.8 Å². The third-order valence-electron chi connectivity index (χ3n) is 4.36. The summed E-state index contributed by atoms with van der Waals surface area (Å²) in [5, 5.41) is 0. The number of sulfonamides is 1. The summed E-state index contributed by atoms with van der Waals surface area (Å²) in [7, 11) is -3.76. The minimum Gasteiger partial charge on any atom is -0.492 e. The molecule has 1 aliphatic heterocycles. The van der Waals surface area contributed by atoms with Crippen LogP contribution >= 0.6 is 0 Å². The molecule has 3 rings (SSSR count). The lowest BCUT2D eigenvalue weighted by Gasteiger charge is -2.31. The monoisotopic (exact) mass is 431 g/mol. The molecule has 0 atom stereocenters. The van der Waals surface area contributed by atoms with Gasteiger partial charge in [-0.2, -0.15) is 22.5 Å². The van der Waals surface area contributed by atoms with Crippen molar-refractivity contribution in [3.63, 3.8) is 0 Å². The van der Waals surface area contributed by atoms with E-state index in [2.05, 4.69) is 9.97 Å². The lowest BCUT2D eigenvalue weighted by Crippen LogP contribution is -2.42. The van der Waals surface area contributed by atoms with Crippen molar-refractivity contribution < 1.29 is 31.1 Å². The van der Waals surface area contributed by atoms with Gasteiger partial charge in [-0.25, -0.2) is 13.4 Å². The average molecular weight is 431 g/mol. The molecule has 0 bridgehead atoms. The van der Waals surface area contributed by atoms with E-state index in [0.29, 0.717) is 19.4 Å². The summed E-state index contributed by atoms with van der Waals surface area (Å²) in [6.45, 7) is 2.42. The molecule has 158 valence electrons. The van der Waals surface area contributed by atoms with Gasteiger partial charge in [-0.05, 0) is 38.0 Å². The van der Waals surface area contributed by atoms with Crippen LogP contribution in [0, 0.1) is 0 Å². The number of hydrogen-bond acceptors (Lipinski definition) is 6. The number of piperidine rings is 1. The highest BCUT2D eigenvalue weighted by Crippen LogP contribution is 2.30. The Hall–Kier alpha value is -2.40. The summed E-state index contributed by atoms with van der Waals surface area (Å²) in [5.41, 5.74) is -1.09. The first-order valence-electron chi connectivity index (χ1n) is 9.00. The summed E-state index contributed by atoms with van der Waals surface area (Å²) >= 11 is 0. The van der Waals surface area contributed by atoms with Crippen LogP contribution in [0.25, 0.3) is 0 Å². The molecule has 0 aliphatic carbocycles. The number of nitrogens with zero attached hydrogens (tertiary/aromatic N) is 3. The largest absolute Gasteiger partial charge is 0.492 e. The molecule has 0 saturated carbocycles. The Morgan fingerprint density at radius 1 is 1.17 bits per heavy atom. The second kappa shape index (κ2) is 8.54. The molecule has 0 amide bonds. The normalized spacial score (nSPS) is 16.6. The molecule has 0 radical (unpaired) electrons. The Kier molecular flexibility index (Phi) is 6.27. The van der Waals surface area contributed by atoms with E-state index >= 15 is 0 Å². The highest BCUT2D eigenvalue weighted by Gasteiger charge is 2.34. The molecule has 1 aliphatic rings. The molecule has 0 unspecified atom stereocenters. The third-order valence-corrected chi connectivity index (χ3v) is 6.30. The highest BCUT2D eigenvalue weighted by atomic mass is 32.2. The van der Waals surface area contributed by atoms with Gasteiger partial charge in [0.25, 0.3) is 0 Å². The Morgan fingerprint density at radius 3 is 2.52 bits per heavy atom. The van der Waals surface area contributed by atoms with E-state index in [1.165, 1.54) is 10.4 Å². The SMILES string of the molecule is CCOc1ccccc1S(=O)(=O)N1CCC(Oc2nccc(C(F)(F)F)n2)CC1. The van der Waals surface area contributed by atoms with Crippen molar-refractivity contribution >= 4 is 10.0 Å². The summed E-state index contributed by atoms with van der Waals surface area (Å²) < 4.78 is 76.3. The van der Waals surface area contributed by atoms with Crippen molar-refractivity contribution in [2.24, 2.45) is 0 Å². The maximum Gasteiger partial charge on any atom is 0.433 e. The van der Waals surface area contributed by atoms with Gasteiger partial charge in [0.05, 0.1) is 6.61 Å². The predicted molar refractivity (Wildman–Crippen MR) is 97.1 cm³/mol. The van der Waals surface area contributed by atoms with E-state index in [-0.39, 0.29) is 29.7 Å². The molecule has 1 aromatic carbocycles. The van der Waals surface area contributed by atoms with Crippen molar-refractivity contribution in [1.29, 1.82) is 0 Å². The summed E-state index contributed by atoms with van der Waals surface area (Å²) in [4.78, 5) is 7.18. The zero-order valence-electron chi connectivity index (χ0n) is 15.6. The van der Waals surface area contributed by atoms with Crippen LogP contribution in [-0.2, 0) is 16.2 Å². The van der Waals surface area contributed by atoms with Gasteiger partial charge < -0.3 is 9.47 Å². The number of benzene rings is 1. The van der Waals surface area contributed by atoms with E-state index in [0.717, 1.165) is 12.3 Å². The number of aromatic nitrogens is 2. The summed E-state index contributed by atoms with van der Waals surface area (Å²) in [5.74, 6) is 0.283. The average Bonchev–Trinajstić information content (AvgIpc) is 2.69. The van der Waals surface area contributed by atoms with Crippen molar-refractivity contribution in [3.8, 4) is 11.8 Å². The lowest BCUT2D eigenvalue weighted by molar-refractivity contribution is -0.141. The number of ether oxygens (including phenoxy) is 2. The van der Waals surface area contributed by atoms with E-state index in [9.17, 15) is 21.6 Å². The number of para-hydroxylation sites is 1. The molecular formula is C18H20F3N3O4S. The van der Waals surface area contributed by atoms with Crippen LogP contribution in [0.15, 0.2) is 41.4 Å². The molecule has 1 fully saturated rings. The Labute approximate surface area is 166 Å². The van der Waals surface area contributed by atoms with Crippen LogP contribution in [-0.4, -0.2) is 48.5 Å². The van der Waals surface area contributed by atoms with E-state index in [4.69, 9.17) is 9.47 Å². The van der Waals surface area contributed by atoms with Crippen molar-refractivity contribution in [2.75, 3.05) is 19.7 Å². The zero-order chi connectivity index (χ0) is 21.1. The van der Waals surface area contributed by atoms with Gasteiger partial charge in [0.1, 0.15) is 16.7 Å². The topological polar surface area (TPSA) is 81.6 Å². The van der Waals surface area contributed by atoms with Crippen molar-refractivity contribution in [3.05, 3.63) is 42.2 Å². The number of alkyl halides is 3. The third kappa shape index (κ3) is 4.96. The predicted octanol–water partition coefficient (Wildman–Crippen LogP) is 3.13. The Balaban J connectivity index is 1.66. The van der Waals surface area contributed by atoms with Gasteiger partial charge in [0.15, 0.2) is 5.69 Å². The van der Waals surface area contributed by atoms with Crippen LogP contribution in [0.2, 0.25) is 0 Å². The minimum absolute atomic E-state index is 0.0856. The smallest absolute Gasteiger partial charge is 0.433 e. The standard InChI is InChI=1S/C18H20F3N3O4S/c1-2-27-14-5-3-4-6-15(14)29(25,26)24-11-8-13(9-12-24)28-17-22-10-7-16(23-17)18(19,20)21/h3-7,10,13H,2,8-9,11-12H2,1H3. The molecule has 1 aromatic heterocycles. The summed E-state index contributed by atoms with van der Waals surface area (Å²) in [6.07, 6.45) is -3.49. The molecule has 0 N–H and O–H groups in total. The second-order valence-corrected chi connectivity index (χ2v) is 8.23. The number of hydrogen-bond donors (Lipinski definition) is 0. The molecule has 1 saturated heterocycles. The van der Waals surface area contributed by atoms with Crippen LogP contribution < -0.4 is 9.47 Å². The fourth-order valence-electron chi connectivity index (χ4n) is 2.97. The van der Waals surface area contributed by atoms with Gasteiger partial charge in [0, 0.05) is 19.3 Å². The molecule has 11 heteroatoms. The van der Waals surface area contributed by atoms with Crippen LogP contribution in [0.4, 0.5) is 13.2 Å². The Bertz CT molecular complexity index is 945. The zero-order valence-corrected chi connectivity index (χ0v) is 16.4. The van der Waals surface area contributed by atoms with Crippen molar-refractivity contribution in [1.82, 2.24) is 14.3 Å².